The maximum Gasteiger partial charge on any atom is 0.336 e. The molecule has 3 heterocycles. The van der Waals surface area contributed by atoms with Gasteiger partial charge in [-0.05, 0) is 35.9 Å². The Morgan fingerprint density at radius 1 is 0.850 bits per heavy atom. The Morgan fingerprint density at radius 2 is 1.50 bits per heavy atom. The molecule has 1 N–H and O–H groups in total. The van der Waals surface area contributed by atoms with E-state index in [2.05, 4.69) is 20.3 Å². The van der Waals surface area contributed by atoms with Crippen LogP contribution in [0.3, 0.4) is 0 Å². The van der Waals surface area contributed by atoms with E-state index in [-0.39, 0.29) is 12.1 Å². The van der Waals surface area contributed by atoms with Gasteiger partial charge in [0.15, 0.2) is 0 Å². The van der Waals surface area contributed by atoms with Crippen molar-refractivity contribution in [3.8, 4) is 34.3 Å². The zero-order valence-corrected chi connectivity index (χ0v) is 21.4. The van der Waals surface area contributed by atoms with Gasteiger partial charge in [0.05, 0.1) is 17.6 Å². The molecule has 0 unspecified atom stereocenters. The average Bonchev–Trinajstić information content (AvgIpc) is 3.58. The van der Waals surface area contributed by atoms with Crippen LogP contribution in [0.1, 0.15) is 27.7 Å². The molecule has 0 amide bonds. The zero-order chi connectivity index (χ0) is 27.8. The molecule has 3 aromatic heterocycles. The predicted octanol–water partition coefficient (Wildman–Crippen LogP) is 5.26. The summed E-state index contributed by atoms with van der Waals surface area (Å²) in [6.07, 6.45) is 0. The summed E-state index contributed by atoms with van der Waals surface area (Å²) in [5.74, 6) is 1.48. The number of pyridine rings is 1. The van der Waals surface area contributed by atoms with Crippen LogP contribution in [0.25, 0.3) is 33.7 Å². The number of carbonyl (C=O) groups is 1. The number of benzene rings is 3. The Morgan fingerprint density at radius 3 is 2.15 bits per heavy atom. The highest BCUT2D eigenvalue weighted by molar-refractivity contribution is 6.02. The summed E-state index contributed by atoms with van der Waals surface area (Å²) < 4.78 is 17.8. The van der Waals surface area contributed by atoms with Gasteiger partial charge >= 0.3 is 5.97 Å². The van der Waals surface area contributed by atoms with E-state index in [0.717, 1.165) is 17.2 Å². The van der Waals surface area contributed by atoms with Crippen LogP contribution in [-0.4, -0.2) is 35.9 Å². The van der Waals surface area contributed by atoms with Crippen LogP contribution in [0.5, 0.6) is 11.5 Å². The number of hydrogen-bond donors (Lipinski definition) is 1. The predicted molar refractivity (Wildman–Crippen MR) is 143 cm³/mol. The first-order valence-corrected chi connectivity index (χ1v) is 12.2. The molecule has 3 aromatic carbocycles. The van der Waals surface area contributed by atoms with E-state index in [1.807, 2.05) is 30.3 Å². The molecule has 6 aromatic rings. The second-order valence-electron chi connectivity index (χ2n) is 9.07. The van der Waals surface area contributed by atoms with Gasteiger partial charge in [-0.3, -0.25) is 4.79 Å². The topological polar surface area (TPSA) is 146 Å². The molecule has 11 nitrogen and oxygen atoms in total. The fourth-order valence-electron chi connectivity index (χ4n) is 4.42. The second kappa shape index (κ2) is 9.95. The standard InChI is InChI=1S/C29H21N5O6/c1-16-30-27(32-39-16)19-6-3-5-18(11-19)15-34-25-13-22(9-10-23(25)24(29(36)37)14-26(34)35)38-21-8-4-7-20(12-21)28-31-17(2)40-33-28/h3-14H,15H2,1-2H3,(H,36,37). The quantitative estimate of drug-likeness (QED) is 0.287. The van der Waals surface area contributed by atoms with Gasteiger partial charge < -0.3 is 23.5 Å². The van der Waals surface area contributed by atoms with Crippen molar-refractivity contribution in [1.29, 1.82) is 0 Å². The number of fused-ring (bicyclic) bond motifs is 1. The van der Waals surface area contributed by atoms with Crippen molar-refractivity contribution in [3.05, 3.63) is 106 Å². The lowest BCUT2D eigenvalue weighted by Crippen LogP contribution is -2.22. The number of rotatable bonds is 7. The maximum absolute atomic E-state index is 13.2. The largest absolute Gasteiger partial charge is 0.478 e. The van der Waals surface area contributed by atoms with E-state index in [1.54, 1.807) is 50.2 Å². The van der Waals surface area contributed by atoms with Crippen LogP contribution < -0.4 is 10.3 Å². The summed E-state index contributed by atoms with van der Waals surface area (Å²) >= 11 is 0. The third-order valence-corrected chi connectivity index (χ3v) is 6.22. The van der Waals surface area contributed by atoms with E-state index >= 15 is 0 Å². The molecule has 198 valence electrons. The normalized spacial score (nSPS) is 11.2. The molecule has 6 rings (SSSR count). The van der Waals surface area contributed by atoms with Crippen molar-refractivity contribution < 1.29 is 23.7 Å². The van der Waals surface area contributed by atoms with E-state index in [4.69, 9.17) is 13.8 Å². The lowest BCUT2D eigenvalue weighted by atomic mass is 10.1. The molecule has 0 spiro atoms. The van der Waals surface area contributed by atoms with E-state index < -0.39 is 11.5 Å². The van der Waals surface area contributed by atoms with E-state index in [9.17, 15) is 14.7 Å². The smallest absolute Gasteiger partial charge is 0.336 e. The van der Waals surface area contributed by atoms with Gasteiger partial charge in [-0.2, -0.15) is 9.97 Å². The molecular weight excluding hydrogens is 514 g/mol. The van der Waals surface area contributed by atoms with Gasteiger partial charge in [-0.25, -0.2) is 4.79 Å². The highest BCUT2D eigenvalue weighted by Gasteiger charge is 2.16. The third-order valence-electron chi connectivity index (χ3n) is 6.22. The van der Waals surface area contributed by atoms with Crippen LogP contribution in [0.2, 0.25) is 0 Å². The van der Waals surface area contributed by atoms with Gasteiger partial charge in [0, 0.05) is 42.5 Å². The van der Waals surface area contributed by atoms with Crippen LogP contribution in [0.15, 0.2) is 86.6 Å². The molecule has 40 heavy (non-hydrogen) atoms. The Balaban J connectivity index is 1.40. The lowest BCUT2D eigenvalue weighted by molar-refractivity contribution is 0.0698. The Kier molecular flexibility index (Phi) is 6.15. The highest BCUT2D eigenvalue weighted by Crippen LogP contribution is 2.30. The second-order valence-corrected chi connectivity index (χ2v) is 9.07. The molecule has 0 aliphatic rings. The Hall–Kier alpha value is -5.58. The minimum Gasteiger partial charge on any atom is -0.478 e. The lowest BCUT2D eigenvalue weighted by Gasteiger charge is -2.14. The van der Waals surface area contributed by atoms with Crippen molar-refractivity contribution in [3.63, 3.8) is 0 Å². The first-order chi connectivity index (χ1) is 19.3. The molecule has 0 bridgehead atoms. The molecule has 0 fully saturated rings. The summed E-state index contributed by atoms with van der Waals surface area (Å²) in [4.78, 5) is 33.7. The monoisotopic (exact) mass is 535 g/mol. The minimum atomic E-state index is -1.19. The molecule has 11 heteroatoms. The minimum absolute atomic E-state index is 0.0895. The van der Waals surface area contributed by atoms with Crippen molar-refractivity contribution in [1.82, 2.24) is 24.8 Å². The molecular formula is C29H21N5O6. The summed E-state index contributed by atoms with van der Waals surface area (Å²) in [5.41, 5.74) is 2.09. The fourth-order valence-corrected chi connectivity index (χ4v) is 4.42. The molecule has 0 radical (unpaired) electrons. The summed E-state index contributed by atoms with van der Waals surface area (Å²) in [7, 11) is 0. The van der Waals surface area contributed by atoms with Crippen molar-refractivity contribution in [2.45, 2.75) is 20.4 Å². The first-order valence-electron chi connectivity index (χ1n) is 12.2. The van der Waals surface area contributed by atoms with Gasteiger partial charge in [0.2, 0.25) is 23.4 Å². The van der Waals surface area contributed by atoms with E-state index in [0.29, 0.717) is 51.4 Å². The van der Waals surface area contributed by atoms with E-state index in [1.165, 1.54) is 4.57 Å². The van der Waals surface area contributed by atoms with Crippen molar-refractivity contribution in [2.24, 2.45) is 0 Å². The summed E-state index contributed by atoms with van der Waals surface area (Å²) in [6.45, 7) is 3.59. The number of hydrogen-bond acceptors (Lipinski definition) is 9. The third kappa shape index (κ3) is 4.83. The van der Waals surface area contributed by atoms with Crippen molar-refractivity contribution in [2.75, 3.05) is 0 Å². The molecule has 0 saturated heterocycles. The maximum atomic E-state index is 13.2. The summed E-state index contributed by atoms with van der Waals surface area (Å²) in [5, 5.41) is 18.1. The van der Waals surface area contributed by atoms with Crippen LogP contribution in [-0.2, 0) is 6.54 Å². The van der Waals surface area contributed by atoms with Crippen LogP contribution in [0.4, 0.5) is 0 Å². The molecule has 0 atom stereocenters. The highest BCUT2D eigenvalue weighted by atomic mass is 16.5. The Labute approximate surface area is 226 Å². The van der Waals surface area contributed by atoms with Gasteiger partial charge in [0.1, 0.15) is 11.5 Å². The number of nitrogens with zero attached hydrogens (tertiary/aromatic N) is 5. The SMILES string of the molecule is Cc1nc(-c2cccc(Cn3c(=O)cc(C(=O)O)c4ccc(Oc5cccc(-c6noc(C)n6)c5)cc43)c2)no1. The average molecular weight is 536 g/mol. The number of ether oxygens (including phenoxy) is 1. The van der Waals surface area contributed by atoms with Gasteiger partial charge in [-0.1, -0.05) is 40.6 Å². The number of aromatic carboxylic acids is 1. The first kappa shape index (κ1) is 24.7. The molecule has 0 aliphatic carbocycles. The van der Waals surface area contributed by atoms with Crippen LogP contribution in [0, 0.1) is 13.8 Å². The number of carboxylic acids is 1. The number of carboxylic acid groups (broad SMARTS) is 1. The molecule has 0 aliphatic heterocycles. The zero-order valence-electron chi connectivity index (χ0n) is 21.4. The van der Waals surface area contributed by atoms with Crippen LogP contribution >= 0.6 is 0 Å². The van der Waals surface area contributed by atoms with Crippen molar-refractivity contribution >= 4 is 16.9 Å². The number of aromatic nitrogens is 5. The fraction of sp³-hybridized carbons (Fsp3) is 0.103. The summed E-state index contributed by atoms with van der Waals surface area (Å²) in [6, 6.07) is 20.7. The Bertz CT molecular complexity index is 1950. The molecule has 0 saturated carbocycles. The van der Waals surface area contributed by atoms with Gasteiger partial charge in [-0.15, -0.1) is 0 Å². The number of aryl methyl sites for hydroxylation is 2. The van der Waals surface area contributed by atoms with Gasteiger partial charge in [0.25, 0.3) is 5.56 Å².